The van der Waals surface area contributed by atoms with E-state index in [1.54, 1.807) is 6.92 Å². The molecule has 2 heterocycles. The van der Waals surface area contributed by atoms with E-state index in [1.165, 1.54) is 0 Å². The van der Waals surface area contributed by atoms with E-state index in [0.717, 1.165) is 16.5 Å². The normalized spacial score (nSPS) is 11.0. The molecule has 4 aromatic rings. The van der Waals surface area contributed by atoms with E-state index in [0.29, 0.717) is 17.7 Å². The van der Waals surface area contributed by atoms with E-state index in [4.69, 9.17) is 4.74 Å². The van der Waals surface area contributed by atoms with E-state index >= 15 is 0 Å². The van der Waals surface area contributed by atoms with Gasteiger partial charge in [0.25, 0.3) is 5.95 Å². The van der Waals surface area contributed by atoms with Crippen LogP contribution in [0, 0.1) is 0 Å². The lowest BCUT2D eigenvalue weighted by molar-refractivity contribution is 0.167. The molecule has 0 spiro atoms. The fourth-order valence-electron chi connectivity index (χ4n) is 2.94. The monoisotopic (exact) mass is 347 g/mol. The van der Waals surface area contributed by atoms with Gasteiger partial charge in [0, 0.05) is 11.9 Å². The van der Waals surface area contributed by atoms with Gasteiger partial charge in [0.05, 0.1) is 12.1 Å². The molecule has 1 amide bonds. The number of carbonyl (C=O) groups is 1. The minimum absolute atomic E-state index is 0.119. The molecule has 0 aliphatic rings. The highest BCUT2D eigenvalue weighted by Crippen LogP contribution is 2.27. The molecule has 0 unspecified atom stereocenters. The smallest absolute Gasteiger partial charge is 0.414 e. The van der Waals surface area contributed by atoms with Crippen molar-refractivity contribution >= 4 is 34.1 Å². The van der Waals surface area contributed by atoms with E-state index in [-0.39, 0.29) is 12.6 Å². The van der Waals surface area contributed by atoms with Crippen LogP contribution in [0.4, 0.5) is 10.7 Å². The van der Waals surface area contributed by atoms with Crippen LogP contribution in [-0.4, -0.2) is 32.4 Å². The highest BCUT2D eigenvalue weighted by Gasteiger charge is 2.16. The van der Waals surface area contributed by atoms with Gasteiger partial charge >= 0.3 is 6.09 Å². The molecule has 2 aromatic heterocycles. The second-order valence-corrected chi connectivity index (χ2v) is 5.74. The Morgan fingerprint density at radius 1 is 1.08 bits per heavy atom. The van der Waals surface area contributed by atoms with Crippen LogP contribution in [0.25, 0.3) is 22.1 Å². The minimum atomic E-state index is -0.598. The molecular weight excluding hydrogens is 330 g/mol. The molecule has 7 nitrogen and oxygen atoms in total. The van der Waals surface area contributed by atoms with Crippen LogP contribution in [0.15, 0.2) is 54.6 Å². The molecule has 7 heteroatoms. The van der Waals surface area contributed by atoms with E-state index < -0.39 is 6.09 Å². The Hall–Kier alpha value is -3.48. The number of carbonyl (C=O) groups excluding carboxylic acids is 1. The van der Waals surface area contributed by atoms with Gasteiger partial charge in [-0.25, -0.2) is 4.79 Å². The number of nitrogens with one attached hydrogen (secondary N) is 1. The third-order valence-corrected chi connectivity index (χ3v) is 4.05. The maximum atomic E-state index is 11.6. The third-order valence-electron chi connectivity index (χ3n) is 4.05. The number of anilines is 1. The highest BCUT2D eigenvalue weighted by molar-refractivity contribution is 6.04. The van der Waals surface area contributed by atoms with Gasteiger partial charge in [-0.05, 0) is 18.6 Å². The maximum Gasteiger partial charge on any atom is 0.414 e. The number of ether oxygens (including phenoxy) is 1. The first-order valence-corrected chi connectivity index (χ1v) is 8.35. The van der Waals surface area contributed by atoms with Gasteiger partial charge < -0.3 is 9.30 Å². The lowest BCUT2D eigenvalue weighted by Crippen LogP contribution is -2.16. The molecule has 0 radical (unpaired) electrons. The van der Waals surface area contributed by atoms with Crippen LogP contribution in [0.3, 0.4) is 0 Å². The maximum absolute atomic E-state index is 11.6. The van der Waals surface area contributed by atoms with Gasteiger partial charge in [0.2, 0.25) is 0 Å². The van der Waals surface area contributed by atoms with E-state index in [1.807, 2.05) is 42.5 Å². The van der Waals surface area contributed by atoms with Crippen molar-refractivity contribution in [2.24, 2.45) is 0 Å². The van der Waals surface area contributed by atoms with Crippen molar-refractivity contribution in [2.45, 2.75) is 13.5 Å². The Morgan fingerprint density at radius 3 is 2.65 bits per heavy atom. The van der Waals surface area contributed by atoms with Crippen molar-refractivity contribution in [1.82, 2.24) is 19.7 Å². The summed E-state index contributed by atoms with van der Waals surface area (Å²) in [7, 11) is 0. The van der Waals surface area contributed by atoms with Gasteiger partial charge in [-0.2, -0.15) is 4.98 Å². The van der Waals surface area contributed by atoms with E-state index in [9.17, 15) is 4.79 Å². The molecule has 0 atom stereocenters. The van der Waals surface area contributed by atoms with Crippen molar-refractivity contribution in [3.05, 3.63) is 60.2 Å². The fraction of sp³-hybridized carbons (Fsp3) is 0.158. The van der Waals surface area contributed by atoms with Crippen LogP contribution >= 0.6 is 0 Å². The number of nitrogens with zero attached hydrogens (tertiary/aromatic N) is 4. The Kier molecular flexibility index (Phi) is 4.18. The first-order chi connectivity index (χ1) is 12.8. The number of hydrogen-bond donors (Lipinski definition) is 1. The van der Waals surface area contributed by atoms with Crippen molar-refractivity contribution in [3.63, 3.8) is 0 Å². The van der Waals surface area contributed by atoms with Crippen molar-refractivity contribution in [3.8, 4) is 0 Å². The summed E-state index contributed by atoms with van der Waals surface area (Å²) in [5.74, 6) is 0.119. The first kappa shape index (κ1) is 16.0. The number of rotatable bonds is 4. The van der Waals surface area contributed by atoms with Crippen molar-refractivity contribution in [2.75, 3.05) is 11.9 Å². The highest BCUT2D eigenvalue weighted by atomic mass is 16.5. The van der Waals surface area contributed by atoms with Gasteiger partial charge in [0.15, 0.2) is 5.65 Å². The lowest BCUT2D eigenvalue weighted by Gasteiger charge is -2.07. The molecule has 0 aliphatic heterocycles. The third kappa shape index (κ3) is 2.95. The van der Waals surface area contributed by atoms with Gasteiger partial charge in [-0.1, -0.05) is 48.5 Å². The second-order valence-electron chi connectivity index (χ2n) is 5.74. The van der Waals surface area contributed by atoms with Crippen LogP contribution in [-0.2, 0) is 11.3 Å². The largest absolute Gasteiger partial charge is 0.450 e. The van der Waals surface area contributed by atoms with Crippen LogP contribution in [0.1, 0.15) is 12.5 Å². The number of aromatic nitrogens is 4. The van der Waals surface area contributed by atoms with Crippen molar-refractivity contribution in [1.29, 1.82) is 0 Å². The number of hydrogen-bond acceptors (Lipinski definition) is 5. The molecular formula is C19H17N5O2. The topological polar surface area (TPSA) is 81.9 Å². The zero-order valence-corrected chi connectivity index (χ0v) is 14.2. The predicted molar refractivity (Wildman–Crippen MR) is 99.0 cm³/mol. The quantitative estimate of drug-likeness (QED) is 0.610. The van der Waals surface area contributed by atoms with E-state index in [2.05, 4.69) is 37.2 Å². The number of para-hydroxylation sites is 1. The second kappa shape index (κ2) is 6.79. The Balaban J connectivity index is 1.84. The summed E-state index contributed by atoms with van der Waals surface area (Å²) in [5, 5.41) is 11.8. The zero-order chi connectivity index (χ0) is 17.9. The molecule has 0 bridgehead atoms. The SMILES string of the molecule is CCOC(=O)Nc1nnc2c3ccccc3n(Cc3ccccc3)c2n1. The Labute approximate surface area is 149 Å². The van der Waals surface area contributed by atoms with Crippen LogP contribution < -0.4 is 5.32 Å². The lowest BCUT2D eigenvalue weighted by atomic mass is 10.2. The summed E-state index contributed by atoms with van der Waals surface area (Å²) < 4.78 is 6.95. The Bertz CT molecular complexity index is 1080. The van der Waals surface area contributed by atoms with Gasteiger partial charge in [-0.3, -0.25) is 5.32 Å². The molecule has 1 N–H and O–H groups in total. The van der Waals surface area contributed by atoms with Crippen LogP contribution in [0.2, 0.25) is 0 Å². The van der Waals surface area contributed by atoms with Crippen LogP contribution in [0.5, 0.6) is 0 Å². The predicted octanol–water partition coefficient (Wildman–Crippen LogP) is 3.60. The molecule has 26 heavy (non-hydrogen) atoms. The summed E-state index contributed by atoms with van der Waals surface area (Å²) >= 11 is 0. The summed E-state index contributed by atoms with van der Waals surface area (Å²) in [4.78, 5) is 16.2. The zero-order valence-electron chi connectivity index (χ0n) is 14.2. The average molecular weight is 347 g/mol. The molecule has 4 rings (SSSR count). The summed E-state index contributed by atoms with van der Waals surface area (Å²) in [6, 6.07) is 18.1. The summed E-state index contributed by atoms with van der Waals surface area (Å²) in [5.41, 5.74) is 3.53. The fourth-order valence-corrected chi connectivity index (χ4v) is 2.94. The molecule has 2 aromatic carbocycles. The number of fused-ring (bicyclic) bond motifs is 3. The minimum Gasteiger partial charge on any atom is -0.450 e. The Morgan fingerprint density at radius 2 is 1.85 bits per heavy atom. The average Bonchev–Trinajstić information content (AvgIpc) is 2.96. The number of benzene rings is 2. The molecule has 130 valence electrons. The van der Waals surface area contributed by atoms with Gasteiger partial charge in [-0.15, -0.1) is 10.2 Å². The van der Waals surface area contributed by atoms with Crippen molar-refractivity contribution < 1.29 is 9.53 Å². The summed E-state index contributed by atoms with van der Waals surface area (Å²) in [6.45, 7) is 2.65. The number of amides is 1. The molecule has 0 saturated heterocycles. The first-order valence-electron chi connectivity index (χ1n) is 8.35. The van der Waals surface area contributed by atoms with Gasteiger partial charge in [0.1, 0.15) is 5.52 Å². The standard InChI is InChI=1S/C19H17N5O2/c1-2-26-19(25)21-18-20-17-16(22-23-18)14-10-6-7-11-15(14)24(17)12-13-8-4-3-5-9-13/h3-11H,2,12H2,1H3,(H,20,21,23,25). The molecule has 0 saturated carbocycles. The molecule has 0 fully saturated rings. The molecule has 0 aliphatic carbocycles. The summed E-state index contributed by atoms with van der Waals surface area (Å²) in [6.07, 6.45) is -0.598.